The molecule has 0 saturated heterocycles. The summed E-state index contributed by atoms with van der Waals surface area (Å²) in [5.41, 5.74) is 1.96. The Bertz CT molecular complexity index is 827. The summed E-state index contributed by atoms with van der Waals surface area (Å²) in [7, 11) is 0. The highest BCUT2D eigenvalue weighted by molar-refractivity contribution is 7.13. The average molecular weight is 342 g/mol. The van der Waals surface area contributed by atoms with E-state index in [1.165, 1.54) is 11.3 Å². The molecule has 7 heteroatoms. The minimum atomic E-state index is -1.10. The zero-order chi connectivity index (χ0) is 16.9. The smallest absolute Gasteiger partial charge is 0.330 e. The van der Waals surface area contributed by atoms with Crippen molar-refractivity contribution in [1.29, 1.82) is 0 Å². The minimum absolute atomic E-state index is 0.0188. The van der Waals surface area contributed by atoms with E-state index in [4.69, 9.17) is 4.42 Å². The Hall–Kier alpha value is -2.93. The predicted molar refractivity (Wildman–Crippen MR) is 88.5 cm³/mol. The lowest BCUT2D eigenvalue weighted by atomic mass is 10.1. The van der Waals surface area contributed by atoms with Gasteiger partial charge in [0.25, 0.3) is 0 Å². The van der Waals surface area contributed by atoms with Crippen LogP contribution in [0, 0.1) is 0 Å². The monoisotopic (exact) mass is 342 g/mol. The van der Waals surface area contributed by atoms with Crippen molar-refractivity contribution in [3.63, 3.8) is 0 Å². The van der Waals surface area contributed by atoms with E-state index < -0.39 is 17.9 Å². The third-order valence-corrected chi connectivity index (χ3v) is 4.29. The number of thiazole rings is 1. The molecule has 2 heterocycles. The van der Waals surface area contributed by atoms with Gasteiger partial charge in [-0.2, -0.15) is 0 Å². The van der Waals surface area contributed by atoms with E-state index in [0.29, 0.717) is 11.3 Å². The normalized spacial score (nSPS) is 11.8. The second-order valence-corrected chi connectivity index (χ2v) is 5.94. The molecule has 0 spiro atoms. The van der Waals surface area contributed by atoms with Crippen LogP contribution in [0.4, 0.5) is 0 Å². The lowest BCUT2D eigenvalue weighted by molar-refractivity contribution is -0.142. The first kappa shape index (κ1) is 15.9. The van der Waals surface area contributed by atoms with Gasteiger partial charge in [-0.3, -0.25) is 4.79 Å². The third kappa shape index (κ3) is 3.69. The number of hydrogen-bond donors (Lipinski definition) is 2. The van der Waals surface area contributed by atoms with E-state index in [1.807, 2.05) is 0 Å². The first-order valence-electron chi connectivity index (χ1n) is 7.17. The van der Waals surface area contributed by atoms with Crippen LogP contribution in [0.15, 0.2) is 58.7 Å². The number of furan rings is 1. The van der Waals surface area contributed by atoms with Crippen LogP contribution in [0.3, 0.4) is 0 Å². The summed E-state index contributed by atoms with van der Waals surface area (Å²) >= 11 is 1.40. The highest BCUT2D eigenvalue weighted by Gasteiger charge is 2.22. The zero-order valence-electron chi connectivity index (χ0n) is 12.5. The fourth-order valence-corrected chi connectivity index (χ4v) is 3.02. The Balaban J connectivity index is 1.67. The van der Waals surface area contributed by atoms with Crippen LogP contribution in [-0.2, 0) is 16.0 Å². The molecule has 3 aromatic rings. The summed E-state index contributed by atoms with van der Waals surface area (Å²) in [6.07, 6.45) is 3.16. The van der Waals surface area contributed by atoms with Crippen LogP contribution in [0.2, 0.25) is 0 Å². The molecule has 6 nitrogen and oxygen atoms in total. The SMILES string of the molecule is O=C(Cc1csc(-c2ccoc2)n1)N[C@@H](C(=O)O)c1ccccc1. The Morgan fingerprint density at radius 3 is 2.71 bits per heavy atom. The van der Waals surface area contributed by atoms with E-state index >= 15 is 0 Å². The van der Waals surface area contributed by atoms with Crippen molar-refractivity contribution in [2.24, 2.45) is 0 Å². The molecule has 2 N–H and O–H groups in total. The topological polar surface area (TPSA) is 92.4 Å². The van der Waals surface area contributed by atoms with Crippen LogP contribution in [-0.4, -0.2) is 22.0 Å². The molecular weight excluding hydrogens is 328 g/mol. The summed E-state index contributed by atoms with van der Waals surface area (Å²) in [5, 5.41) is 14.4. The third-order valence-electron chi connectivity index (χ3n) is 3.35. The van der Waals surface area contributed by atoms with Gasteiger partial charge in [0.05, 0.1) is 18.4 Å². The summed E-state index contributed by atoms with van der Waals surface area (Å²) < 4.78 is 5.01. The number of carbonyl (C=O) groups is 2. The first-order chi connectivity index (χ1) is 11.6. The van der Waals surface area contributed by atoms with Gasteiger partial charge in [-0.15, -0.1) is 11.3 Å². The predicted octanol–water partition coefficient (Wildman–Crippen LogP) is 2.89. The van der Waals surface area contributed by atoms with Gasteiger partial charge in [0.2, 0.25) is 5.91 Å². The van der Waals surface area contributed by atoms with Gasteiger partial charge in [0, 0.05) is 10.9 Å². The molecule has 3 rings (SSSR count). The van der Waals surface area contributed by atoms with Crippen molar-refractivity contribution < 1.29 is 19.1 Å². The summed E-state index contributed by atoms with van der Waals surface area (Å²) in [6.45, 7) is 0. The number of aromatic nitrogens is 1. The molecule has 0 saturated carbocycles. The number of hydrogen-bond acceptors (Lipinski definition) is 5. The number of carbonyl (C=O) groups excluding carboxylic acids is 1. The molecule has 0 aliphatic heterocycles. The summed E-state index contributed by atoms with van der Waals surface area (Å²) in [6, 6.07) is 9.29. The lowest BCUT2D eigenvalue weighted by Crippen LogP contribution is -2.34. The number of rotatable bonds is 6. The van der Waals surface area contributed by atoms with Crippen molar-refractivity contribution >= 4 is 23.2 Å². The summed E-state index contributed by atoms with van der Waals surface area (Å²) in [5.74, 6) is -1.50. The maximum absolute atomic E-state index is 12.2. The van der Waals surface area contributed by atoms with Gasteiger partial charge in [-0.1, -0.05) is 30.3 Å². The van der Waals surface area contributed by atoms with Crippen molar-refractivity contribution in [3.8, 4) is 10.6 Å². The van der Waals surface area contributed by atoms with E-state index in [-0.39, 0.29) is 6.42 Å². The Morgan fingerprint density at radius 1 is 1.25 bits per heavy atom. The Labute approximate surface area is 141 Å². The molecule has 0 unspecified atom stereocenters. The minimum Gasteiger partial charge on any atom is -0.479 e. The van der Waals surface area contributed by atoms with Gasteiger partial charge in [-0.05, 0) is 11.6 Å². The second kappa shape index (κ2) is 7.10. The number of benzene rings is 1. The van der Waals surface area contributed by atoms with Crippen molar-refractivity contribution in [3.05, 3.63) is 65.6 Å². The van der Waals surface area contributed by atoms with Gasteiger partial charge in [0.15, 0.2) is 6.04 Å². The molecule has 1 aromatic carbocycles. The molecule has 0 aliphatic rings. The van der Waals surface area contributed by atoms with Crippen LogP contribution in [0.5, 0.6) is 0 Å². The van der Waals surface area contributed by atoms with E-state index in [0.717, 1.165) is 10.6 Å². The number of nitrogens with one attached hydrogen (secondary N) is 1. The first-order valence-corrected chi connectivity index (χ1v) is 8.05. The Morgan fingerprint density at radius 2 is 2.04 bits per heavy atom. The number of aliphatic carboxylic acids is 1. The van der Waals surface area contributed by atoms with Crippen LogP contribution < -0.4 is 5.32 Å². The molecule has 122 valence electrons. The standard InChI is InChI=1S/C17H14N2O4S/c20-14(19-15(17(21)22)11-4-2-1-3-5-11)8-13-10-24-16(18-13)12-6-7-23-9-12/h1-7,9-10,15H,8H2,(H,19,20)(H,21,22)/t15-/m1/s1. The van der Waals surface area contributed by atoms with Crippen molar-refractivity contribution in [2.75, 3.05) is 0 Å². The van der Waals surface area contributed by atoms with Gasteiger partial charge in [-0.25, -0.2) is 9.78 Å². The van der Waals surface area contributed by atoms with Gasteiger partial charge in [0.1, 0.15) is 11.3 Å². The van der Waals surface area contributed by atoms with Gasteiger partial charge < -0.3 is 14.8 Å². The second-order valence-electron chi connectivity index (χ2n) is 5.08. The quantitative estimate of drug-likeness (QED) is 0.718. The van der Waals surface area contributed by atoms with Crippen LogP contribution >= 0.6 is 11.3 Å². The molecule has 0 bridgehead atoms. The molecule has 0 radical (unpaired) electrons. The molecular formula is C17H14N2O4S. The molecule has 2 aromatic heterocycles. The zero-order valence-corrected chi connectivity index (χ0v) is 13.3. The largest absolute Gasteiger partial charge is 0.479 e. The fourth-order valence-electron chi connectivity index (χ4n) is 2.22. The van der Waals surface area contributed by atoms with E-state index in [2.05, 4.69) is 10.3 Å². The van der Waals surface area contributed by atoms with Crippen LogP contribution in [0.1, 0.15) is 17.3 Å². The lowest BCUT2D eigenvalue weighted by Gasteiger charge is -2.14. The van der Waals surface area contributed by atoms with Crippen molar-refractivity contribution in [2.45, 2.75) is 12.5 Å². The fraction of sp³-hybridized carbons (Fsp3) is 0.118. The average Bonchev–Trinajstić information content (AvgIpc) is 3.24. The number of amides is 1. The highest BCUT2D eigenvalue weighted by atomic mass is 32.1. The highest BCUT2D eigenvalue weighted by Crippen LogP contribution is 2.24. The van der Waals surface area contributed by atoms with Gasteiger partial charge >= 0.3 is 5.97 Å². The molecule has 1 amide bonds. The maximum atomic E-state index is 12.2. The Kier molecular flexibility index (Phi) is 4.72. The number of carboxylic acid groups (broad SMARTS) is 1. The molecule has 24 heavy (non-hydrogen) atoms. The molecule has 0 aliphatic carbocycles. The van der Waals surface area contributed by atoms with E-state index in [1.54, 1.807) is 54.3 Å². The maximum Gasteiger partial charge on any atom is 0.330 e. The van der Waals surface area contributed by atoms with E-state index in [9.17, 15) is 14.7 Å². The molecule has 0 fully saturated rings. The van der Waals surface area contributed by atoms with Crippen LogP contribution in [0.25, 0.3) is 10.6 Å². The molecule has 1 atom stereocenters. The number of carboxylic acids is 1. The summed E-state index contributed by atoms with van der Waals surface area (Å²) in [4.78, 5) is 27.9. The van der Waals surface area contributed by atoms with Crippen molar-refractivity contribution in [1.82, 2.24) is 10.3 Å². The number of nitrogens with zero attached hydrogens (tertiary/aromatic N) is 1.